The number of oxazole rings is 1. The third kappa shape index (κ3) is 4.49. The summed E-state index contributed by atoms with van der Waals surface area (Å²) in [6, 6.07) is 59.2. The average molecular weight is 629 g/mol. The van der Waals surface area contributed by atoms with Gasteiger partial charge in [-0.1, -0.05) is 109 Å². The molecule has 0 amide bonds. The third-order valence-corrected chi connectivity index (χ3v) is 9.45. The summed E-state index contributed by atoms with van der Waals surface area (Å²) in [7, 11) is 0. The van der Waals surface area contributed by atoms with Crippen LogP contribution in [0.2, 0.25) is 0 Å². The second-order valence-electron chi connectivity index (χ2n) is 12.4. The van der Waals surface area contributed by atoms with Crippen LogP contribution < -0.4 is 4.90 Å². The van der Waals surface area contributed by atoms with Gasteiger partial charge in [-0.25, -0.2) is 4.98 Å². The fourth-order valence-corrected chi connectivity index (χ4v) is 7.18. The molecule has 10 aromatic rings. The van der Waals surface area contributed by atoms with Crippen LogP contribution in [0.15, 0.2) is 179 Å². The van der Waals surface area contributed by atoms with E-state index in [4.69, 9.17) is 13.8 Å². The molecular formula is C45H28N2O2. The van der Waals surface area contributed by atoms with Gasteiger partial charge < -0.3 is 13.7 Å². The number of anilines is 3. The zero-order chi connectivity index (χ0) is 32.3. The highest BCUT2D eigenvalue weighted by Crippen LogP contribution is 2.45. The maximum atomic E-state index is 6.57. The highest BCUT2D eigenvalue weighted by Gasteiger charge is 2.21. The number of furan rings is 1. The standard InChI is InChI=1S/C45H28N2O2/c1-3-11-29(12-4-1)33-15-9-16-34(27-33)47(39-18-10-20-41-43(39)36-17-7-8-19-40(36)48-41)35-25-23-30-21-22-31-24-26-38-44(42(31)37(30)28-35)49-45(46-38)32-13-5-2-6-14-32/h1-28H. The highest BCUT2D eigenvalue weighted by atomic mass is 16.3. The van der Waals surface area contributed by atoms with Crippen molar-refractivity contribution in [2.75, 3.05) is 4.90 Å². The fourth-order valence-electron chi connectivity index (χ4n) is 7.18. The number of rotatable bonds is 5. The van der Waals surface area contributed by atoms with Crippen LogP contribution in [0.4, 0.5) is 17.1 Å². The first kappa shape index (κ1) is 27.5. The molecule has 0 unspecified atom stereocenters. The first-order chi connectivity index (χ1) is 24.3. The molecule has 0 aliphatic carbocycles. The fraction of sp³-hybridized carbons (Fsp3) is 0. The molecule has 0 fully saturated rings. The molecule has 0 aliphatic rings. The molecule has 0 saturated carbocycles. The maximum absolute atomic E-state index is 6.57. The van der Waals surface area contributed by atoms with E-state index in [1.54, 1.807) is 0 Å². The lowest BCUT2D eigenvalue weighted by Gasteiger charge is -2.27. The SMILES string of the molecule is c1ccc(-c2cccc(N(c3ccc4ccc5ccc6nc(-c7ccccc7)oc6c5c4c3)c3cccc4oc5ccccc5c34)c2)cc1. The number of hydrogen-bond acceptors (Lipinski definition) is 4. The van der Waals surface area contributed by atoms with E-state index in [0.717, 1.165) is 82.8 Å². The Hall–Kier alpha value is -6.65. The molecule has 10 rings (SSSR count). The van der Waals surface area contributed by atoms with Crippen LogP contribution in [0.5, 0.6) is 0 Å². The molecule has 2 aromatic heterocycles. The van der Waals surface area contributed by atoms with Gasteiger partial charge >= 0.3 is 0 Å². The van der Waals surface area contributed by atoms with Crippen molar-refractivity contribution in [3.63, 3.8) is 0 Å². The van der Waals surface area contributed by atoms with Crippen LogP contribution in [-0.2, 0) is 0 Å². The monoisotopic (exact) mass is 628 g/mol. The van der Waals surface area contributed by atoms with Gasteiger partial charge in [0.25, 0.3) is 0 Å². The molecule has 0 saturated heterocycles. The molecular weight excluding hydrogens is 601 g/mol. The van der Waals surface area contributed by atoms with E-state index in [2.05, 4.69) is 132 Å². The summed E-state index contributed by atoms with van der Waals surface area (Å²) in [5, 5.41) is 6.55. The molecule has 0 bridgehead atoms. The van der Waals surface area contributed by atoms with Crippen LogP contribution in [0.1, 0.15) is 0 Å². The van der Waals surface area contributed by atoms with Gasteiger partial charge in [0.05, 0.1) is 11.1 Å². The number of hydrogen-bond donors (Lipinski definition) is 0. The Balaban J connectivity index is 1.25. The molecule has 49 heavy (non-hydrogen) atoms. The summed E-state index contributed by atoms with van der Waals surface area (Å²) >= 11 is 0. The van der Waals surface area contributed by atoms with Crippen LogP contribution in [0.3, 0.4) is 0 Å². The molecule has 4 heteroatoms. The third-order valence-electron chi connectivity index (χ3n) is 9.45. The average Bonchev–Trinajstić information content (AvgIpc) is 3.78. The van der Waals surface area contributed by atoms with E-state index in [1.807, 2.05) is 42.5 Å². The van der Waals surface area contributed by atoms with Crippen molar-refractivity contribution in [3.05, 3.63) is 170 Å². The minimum absolute atomic E-state index is 0.620. The van der Waals surface area contributed by atoms with E-state index >= 15 is 0 Å². The first-order valence-corrected chi connectivity index (χ1v) is 16.5. The number of nitrogens with zero attached hydrogens (tertiary/aromatic N) is 2. The normalized spacial score (nSPS) is 11.7. The Morgan fingerprint density at radius 1 is 0.429 bits per heavy atom. The van der Waals surface area contributed by atoms with E-state index < -0.39 is 0 Å². The zero-order valence-corrected chi connectivity index (χ0v) is 26.4. The number of para-hydroxylation sites is 1. The van der Waals surface area contributed by atoms with Gasteiger partial charge in [0.1, 0.15) is 16.7 Å². The van der Waals surface area contributed by atoms with E-state index in [-0.39, 0.29) is 0 Å². The predicted octanol–water partition coefficient (Wildman–Crippen LogP) is 12.8. The molecule has 230 valence electrons. The Kier molecular flexibility index (Phi) is 6.15. The molecule has 0 atom stereocenters. The smallest absolute Gasteiger partial charge is 0.227 e. The summed E-state index contributed by atoms with van der Waals surface area (Å²) in [6.45, 7) is 0. The summed E-state index contributed by atoms with van der Waals surface area (Å²) in [4.78, 5) is 7.25. The maximum Gasteiger partial charge on any atom is 0.227 e. The second-order valence-corrected chi connectivity index (χ2v) is 12.4. The van der Waals surface area contributed by atoms with Gasteiger partial charge in [-0.15, -0.1) is 0 Å². The Bertz CT molecular complexity index is 2830. The number of fused-ring (bicyclic) bond motifs is 8. The van der Waals surface area contributed by atoms with Crippen molar-refractivity contribution in [1.29, 1.82) is 0 Å². The number of benzene rings is 8. The van der Waals surface area contributed by atoms with Gasteiger partial charge in [0.2, 0.25) is 5.89 Å². The van der Waals surface area contributed by atoms with Crippen molar-refractivity contribution < 1.29 is 8.83 Å². The summed E-state index contributed by atoms with van der Waals surface area (Å²) in [5.41, 5.74) is 9.75. The molecule has 8 aromatic carbocycles. The summed E-state index contributed by atoms with van der Waals surface area (Å²) in [6.07, 6.45) is 0. The Labute approximate surface area is 282 Å². The van der Waals surface area contributed by atoms with Crippen LogP contribution in [0.25, 0.3) is 77.2 Å². The Morgan fingerprint density at radius 3 is 1.98 bits per heavy atom. The highest BCUT2D eigenvalue weighted by molar-refractivity contribution is 6.19. The topological polar surface area (TPSA) is 42.4 Å². The van der Waals surface area contributed by atoms with Crippen molar-refractivity contribution in [2.24, 2.45) is 0 Å². The van der Waals surface area contributed by atoms with Gasteiger partial charge in [0.15, 0.2) is 5.58 Å². The van der Waals surface area contributed by atoms with Crippen molar-refractivity contribution in [1.82, 2.24) is 4.98 Å². The molecule has 0 spiro atoms. The number of aromatic nitrogens is 1. The summed E-state index contributed by atoms with van der Waals surface area (Å²) in [5.74, 6) is 0.620. The van der Waals surface area contributed by atoms with E-state index in [9.17, 15) is 0 Å². The summed E-state index contributed by atoms with van der Waals surface area (Å²) < 4.78 is 12.9. The van der Waals surface area contributed by atoms with Gasteiger partial charge in [-0.05, 0) is 87.9 Å². The van der Waals surface area contributed by atoms with Crippen LogP contribution in [-0.4, -0.2) is 4.98 Å². The largest absolute Gasteiger partial charge is 0.456 e. The first-order valence-electron chi connectivity index (χ1n) is 16.5. The van der Waals surface area contributed by atoms with Gasteiger partial charge in [0, 0.05) is 27.7 Å². The lowest BCUT2D eigenvalue weighted by molar-refractivity contribution is 0.623. The predicted molar refractivity (Wildman–Crippen MR) is 202 cm³/mol. The lowest BCUT2D eigenvalue weighted by Crippen LogP contribution is -2.10. The van der Waals surface area contributed by atoms with Crippen molar-refractivity contribution >= 4 is 71.6 Å². The zero-order valence-electron chi connectivity index (χ0n) is 26.4. The van der Waals surface area contributed by atoms with E-state index in [1.165, 1.54) is 5.56 Å². The molecule has 0 aliphatic heterocycles. The van der Waals surface area contributed by atoms with E-state index in [0.29, 0.717) is 5.89 Å². The van der Waals surface area contributed by atoms with Gasteiger partial charge in [-0.2, -0.15) is 0 Å². The van der Waals surface area contributed by atoms with Crippen LogP contribution >= 0.6 is 0 Å². The Morgan fingerprint density at radius 2 is 1.10 bits per heavy atom. The van der Waals surface area contributed by atoms with Crippen molar-refractivity contribution in [2.45, 2.75) is 0 Å². The van der Waals surface area contributed by atoms with Crippen molar-refractivity contribution in [3.8, 4) is 22.6 Å². The molecule has 2 heterocycles. The lowest BCUT2D eigenvalue weighted by atomic mass is 9.99. The second kappa shape index (κ2) is 11.0. The minimum Gasteiger partial charge on any atom is -0.456 e. The van der Waals surface area contributed by atoms with Crippen LogP contribution in [0, 0.1) is 0 Å². The van der Waals surface area contributed by atoms with Gasteiger partial charge in [-0.3, -0.25) is 0 Å². The molecule has 4 nitrogen and oxygen atoms in total. The molecule has 0 radical (unpaired) electrons. The molecule has 0 N–H and O–H groups in total. The minimum atomic E-state index is 0.620. The quantitative estimate of drug-likeness (QED) is 0.178.